The predicted octanol–water partition coefficient (Wildman–Crippen LogP) is 3.98. The largest absolute Gasteiger partial charge is 0.492 e. The molecule has 0 spiro atoms. The zero-order chi connectivity index (χ0) is 15.2. The molecule has 1 heterocycles. The lowest BCUT2D eigenvalue weighted by Gasteiger charge is -2.32. The first-order valence-electron chi connectivity index (χ1n) is 7.97. The number of likely N-dealkylation sites (N-methyl/N-ethyl adjacent to an activating group) is 1. The molecule has 2 unspecified atom stereocenters. The minimum absolute atomic E-state index is 0.298. The van der Waals surface area contributed by atoms with Gasteiger partial charge in [0.1, 0.15) is 12.4 Å². The van der Waals surface area contributed by atoms with E-state index in [9.17, 15) is 0 Å². The highest BCUT2D eigenvalue weighted by molar-refractivity contribution is 9.10. The molecule has 0 radical (unpaired) electrons. The highest BCUT2D eigenvalue weighted by Crippen LogP contribution is 2.29. The third-order valence-electron chi connectivity index (χ3n) is 4.30. The molecule has 0 bridgehead atoms. The number of halogens is 1. The van der Waals surface area contributed by atoms with Gasteiger partial charge in [-0.3, -0.25) is 0 Å². The lowest BCUT2D eigenvalue weighted by Crippen LogP contribution is -2.40. The Morgan fingerprint density at radius 1 is 1.43 bits per heavy atom. The van der Waals surface area contributed by atoms with E-state index in [0.717, 1.165) is 23.4 Å². The Morgan fingerprint density at radius 3 is 2.95 bits per heavy atom. The van der Waals surface area contributed by atoms with Crippen molar-refractivity contribution in [2.24, 2.45) is 0 Å². The minimum Gasteiger partial charge on any atom is -0.492 e. The van der Waals surface area contributed by atoms with Gasteiger partial charge in [0.05, 0.1) is 0 Å². The van der Waals surface area contributed by atoms with Crippen LogP contribution < -0.4 is 10.1 Å². The van der Waals surface area contributed by atoms with E-state index in [1.807, 2.05) is 0 Å². The summed E-state index contributed by atoms with van der Waals surface area (Å²) in [5, 5.41) is 3.46. The van der Waals surface area contributed by atoms with E-state index >= 15 is 0 Å². The van der Waals surface area contributed by atoms with E-state index in [-0.39, 0.29) is 0 Å². The number of piperidine rings is 1. The molecule has 1 fully saturated rings. The van der Waals surface area contributed by atoms with Crippen molar-refractivity contribution in [2.45, 2.75) is 45.2 Å². The van der Waals surface area contributed by atoms with Gasteiger partial charge in [-0.2, -0.15) is 0 Å². The van der Waals surface area contributed by atoms with Crippen LogP contribution in [0.2, 0.25) is 0 Å². The molecule has 1 aliphatic rings. The smallest absolute Gasteiger partial charge is 0.124 e. The fraction of sp³-hybridized carbons (Fsp3) is 0.647. The summed E-state index contributed by atoms with van der Waals surface area (Å²) in [5.74, 6) is 1.01. The van der Waals surface area contributed by atoms with Crippen LogP contribution in [-0.2, 0) is 0 Å². The maximum absolute atomic E-state index is 6.17. The Morgan fingerprint density at radius 2 is 2.24 bits per heavy atom. The molecule has 1 saturated heterocycles. The fourth-order valence-electron chi connectivity index (χ4n) is 2.95. The third-order valence-corrected chi connectivity index (χ3v) is 4.79. The number of benzene rings is 1. The number of hydrogen-bond donors (Lipinski definition) is 1. The summed E-state index contributed by atoms with van der Waals surface area (Å²) < 4.78 is 7.27. The SMILES string of the molecule is CCNC(C)c1cc(Br)ccc1OCC1CCCCN1C. The van der Waals surface area contributed by atoms with Crippen LogP contribution in [0, 0.1) is 0 Å². The van der Waals surface area contributed by atoms with Crippen LogP contribution in [0.15, 0.2) is 22.7 Å². The molecular weight excluding hydrogens is 328 g/mol. The second-order valence-corrected chi connectivity index (χ2v) is 6.82. The van der Waals surface area contributed by atoms with Crippen molar-refractivity contribution in [1.29, 1.82) is 0 Å². The van der Waals surface area contributed by atoms with Crippen molar-refractivity contribution in [1.82, 2.24) is 10.2 Å². The first-order chi connectivity index (χ1) is 10.1. The summed E-state index contributed by atoms with van der Waals surface area (Å²) >= 11 is 3.56. The quantitative estimate of drug-likeness (QED) is 0.835. The van der Waals surface area contributed by atoms with E-state index in [1.54, 1.807) is 0 Å². The van der Waals surface area contributed by atoms with Gasteiger partial charge in [0.2, 0.25) is 0 Å². The molecule has 2 atom stereocenters. The monoisotopic (exact) mass is 354 g/mol. The number of nitrogens with zero attached hydrogens (tertiary/aromatic N) is 1. The summed E-state index contributed by atoms with van der Waals surface area (Å²) in [6.45, 7) is 7.24. The van der Waals surface area contributed by atoms with Crippen molar-refractivity contribution in [3.8, 4) is 5.75 Å². The second-order valence-electron chi connectivity index (χ2n) is 5.90. The molecule has 0 saturated carbocycles. The summed E-state index contributed by atoms with van der Waals surface area (Å²) in [6.07, 6.45) is 3.87. The lowest BCUT2D eigenvalue weighted by atomic mass is 10.0. The molecule has 1 aromatic rings. The second kappa shape index (κ2) is 8.16. The van der Waals surface area contributed by atoms with Gasteiger partial charge < -0.3 is 15.0 Å². The van der Waals surface area contributed by atoms with Crippen LogP contribution in [0.4, 0.5) is 0 Å². The minimum atomic E-state index is 0.298. The molecule has 1 N–H and O–H groups in total. The number of likely N-dealkylation sites (tertiary alicyclic amines) is 1. The van der Waals surface area contributed by atoms with Crippen LogP contribution in [-0.4, -0.2) is 37.7 Å². The highest BCUT2D eigenvalue weighted by atomic mass is 79.9. The van der Waals surface area contributed by atoms with Gasteiger partial charge >= 0.3 is 0 Å². The van der Waals surface area contributed by atoms with Crippen molar-refractivity contribution < 1.29 is 4.74 Å². The van der Waals surface area contributed by atoms with Crippen LogP contribution in [0.25, 0.3) is 0 Å². The Labute approximate surface area is 137 Å². The molecule has 3 nitrogen and oxygen atoms in total. The van der Waals surface area contributed by atoms with Gasteiger partial charge in [-0.25, -0.2) is 0 Å². The Hall–Kier alpha value is -0.580. The van der Waals surface area contributed by atoms with E-state index in [0.29, 0.717) is 12.1 Å². The number of rotatable bonds is 6. The number of nitrogens with one attached hydrogen (secondary N) is 1. The van der Waals surface area contributed by atoms with Crippen LogP contribution in [0.3, 0.4) is 0 Å². The molecular formula is C17H27BrN2O. The predicted molar refractivity (Wildman–Crippen MR) is 92.0 cm³/mol. The zero-order valence-electron chi connectivity index (χ0n) is 13.4. The molecule has 0 amide bonds. The summed E-state index contributed by atoms with van der Waals surface area (Å²) in [7, 11) is 2.21. The topological polar surface area (TPSA) is 24.5 Å². The highest BCUT2D eigenvalue weighted by Gasteiger charge is 2.20. The lowest BCUT2D eigenvalue weighted by molar-refractivity contribution is 0.124. The van der Waals surface area contributed by atoms with Gasteiger partial charge in [0.25, 0.3) is 0 Å². The van der Waals surface area contributed by atoms with Crippen molar-refractivity contribution >= 4 is 15.9 Å². The van der Waals surface area contributed by atoms with E-state index in [4.69, 9.17) is 4.74 Å². The summed E-state index contributed by atoms with van der Waals surface area (Å²) in [4.78, 5) is 2.43. The number of ether oxygens (including phenoxy) is 1. The molecule has 1 aromatic carbocycles. The molecule has 0 aromatic heterocycles. The summed E-state index contributed by atoms with van der Waals surface area (Å²) in [6, 6.07) is 7.14. The van der Waals surface area contributed by atoms with E-state index < -0.39 is 0 Å². The Balaban J connectivity index is 2.04. The summed E-state index contributed by atoms with van der Waals surface area (Å²) in [5.41, 5.74) is 1.23. The number of hydrogen-bond acceptors (Lipinski definition) is 3. The zero-order valence-corrected chi connectivity index (χ0v) is 14.9. The maximum Gasteiger partial charge on any atom is 0.124 e. The van der Waals surface area contributed by atoms with Gasteiger partial charge in [-0.15, -0.1) is 0 Å². The van der Waals surface area contributed by atoms with E-state index in [1.165, 1.54) is 31.4 Å². The van der Waals surface area contributed by atoms with Gasteiger partial charge in [-0.05, 0) is 58.1 Å². The van der Waals surface area contributed by atoms with E-state index in [2.05, 4.69) is 65.2 Å². The Kier molecular flexibility index (Phi) is 6.52. The molecule has 2 rings (SSSR count). The van der Waals surface area contributed by atoms with Gasteiger partial charge in [0.15, 0.2) is 0 Å². The third kappa shape index (κ3) is 4.70. The molecule has 118 valence electrons. The standard InChI is InChI=1S/C17H27BrN2O/c1-4-19-13(2)16-11-14(18)8-9-17(16)21-12-15-7-5-6-10-20(15)3/h8-9,11,13,15,19H,4-7,10,12H2,1-3H3. The average molecular weight is 355 g/mol. The van der Waals surface area contributed by atoms with Gasteiger partial charge in [0, 0.05) is 22.1 Å². The fourth-order valence-corrected chi connectivity index (χ4v) is 3.32. The van der Waals surface area contributed by atoms with Crippen LogP contribution >= 0.6 is 15.9 Å². The Bertz CT molecular complexity index is 452. The molecule has 4 heteroatoms. The molecule has 0 aliphatic carbocycles. The van der Waals surface area contributed by atoms with Gasteiger partial charge in [-0.1, -0.05) is 29.3 Å². The normalized spacial score (nSPS) is 21.2. The van der Waals surface area contributed by atoms with Crippen molar-refractivity contribution in [3.63, 3.8) is 0 Å². The first-order valence-corrected chi connectivity index (χ1v) is 8.77. The van der Waals surface area contributed by atoms with Crippen molar-refractivity contribution in [3.05, 3.63) is 28.2 Å². The first kappa shape index (κ1) is 16.8. The average Bonchev–Trinajstić information content (AvgIpc) is 2.47. The maximum atomic E-state index is 6.17. The molecule has 1 aliphatic heterocycles. The van der Waals surface area contributed by atoms with Crippen LogP contribution in [0.1, 0.15) is 44.7 Å². The van der Waals surface area contributed by atoms with Crippen LogP contribution in [0.5, 0.6) is 5.75 Å². The molecule has 21 heavy (non-hydrogen) atoms. The van der Waals surface area contributed by atoms with Crippen molar-refractivity contribution in [2.75, 3.05) is 26.7 Å².